The highest BCUT2D eigenvalue weighted by Gasteiger charge is 2.30. The Labute approximate surface area is 112 Å². The van der Waals surface area contributed by atoms with Gasteiger partial charge in [0.25, 0.3) is 0 Å². The monoisotopic (exact) mass is 257 g/mol. The minimum atomic E-state index is 0.0241. The molecule has 0 aliphatic carbocycles. The lowest BCUT2D eigenvalue weighted by Crippen LogP contribution is -2.36. The van der Waals surface area contributed by atoms with Gasteiger partial charge in [-0.05, 0) is 36.8 Å². The molecule has 1 aromatic heterocycles. The molecule has 2 heterocycles. The second-order valence-corrected chi connectivity index (χ2v) is 5.15. The van der Waals surface area contributed by atoms with Gasteiger partial charge in [0.05, 0.1) is 18.2 Å². The van der Waals surface area contributed by atoms with Crippen LogP contribution in [0.5, 0.6) is 0 Å². The topological polar surface area (TPSA) is 60.2 Å². The maximum Gasteiger partial charge on any atom is 0.0787 e. The molecule has 3 unspecified atom stereocenters. The lowest BCUT2D eigenvalue weighted by atomic mass is 9.95. The Morgan fingerprint density at radius 1 is 1.37 bits per heavy atom. The van der Waals surface area contributed by atoms with E-state index >= 15 is 0 Å². The summed E-state index contributed by atoms with van der Waals surface area (Å²) >= 11 is 0. The van der Waals surface area contributed by atoms with Crippen LogP contribution in [0.1, 0.15) is 31.4 Å². The number of pyridine rings is 1. The molecule has 3 N–H and O–H groups in total. The third kappa shape index (κ3) is 2.34. The summed E-state index contributed by atoms with van der Waals surface area (Å²) in [6.45, 7) is 2.11. The second kappa shape index (κ2) is 5.25. The number of fused-ring (bicyclic) bond motifs is 1. The largest absolute Gasteiger partial charge is 0.373 e. The van der Waals surface area contributed by atoms with Gasteiger partial charge in [-0.2, -0.15) is 0 Å². The number of nitrogens with two attached hydrogens (primary N) is 1. The van der Waals surface area contributed by atoms with Gasteiger partial charge in [-0.25, -0.2) is 0 Å². The van der Waals surface area contributed by atoms with Crippen LogP contribution in [0.2, 0.25) is 0 Å². The lowest BCUT2D eigenvalue weighted by molar-refractivity contribution is 0.0319. The Balaban J connectivity index is 2.01. The van der Waals surface area contributed by atoms with E-state index in [1.807, 2.05) is 24.5 Å². The number of nitrogens with one attached hydrogen (secondary N) is 1. The molecule has 3 atom stereocenters. The van der Waals surface area contributed by atoms with Crippen molar-refractivity contribution >= 4 is 10.8 Å². The predicted octanol–water partition coefficient (Wildman–Crippen LogP) is 2.31. The summed E-state index contributed by atoms with van der Waals surface area (Å²) in [5.74, 6) is 5.78. The van der Waals surface area contributed by atoms with Crippen LogP contribution in [0, 0.1) is 0 Å². The van der Waals surface area contributed by atoms with Crippen LogP contribution in [0.15, 0.2) is 36.7 Å². The molecule has 1 saturated heterocycles. The van der Waals surface area contributed by atoms with E-state index in [0.29, 0.717) is 6.10 Å². The summed E-state index contributed by atoms with van der Waals surface area (Å²) in [6, 6.07) is 8.28. The average Bonchev–Trinajstić information content (AvgIpc) is 2.86. The Hall–Kier alpha value is -1.49. The first-order valence-electron chi connectivity index (χ1n) is 6.74. The van der Waals surface area contributed by atoms with Crippen molar-refractivity contribution in [3.05, 3.63) is 42.2 Å². The molecule has 2 aromatic rings. The van der Waals surface area contributed by atoms with E-state index < -0.39 is 0 Å². The fourth-order valence-corrected chi connectivity index (χ4v) is 2.89. The first kappa shape index (κ1) is 12.5. The standard InChI is InChI=1S/C15H19N3O/c1-10-5-6-14(19-10)15(18-16)13-4-2-3-11-9-17-8-7-12(11)13/h2-4,7-10,14-15,18H,5-6,16H2,1H3. The number of hydrazine groups is 1. The Morgan fingerprint density at radius 3 is 3.00 bits per heavy atom. The Kier molecular flexibility index (Phi) is 3.46. The van der Waals surface area contributed by atoms with E-state index in [0.717, 1.165) is 18.2 Å². The number of nitrogens with zero attached hydrogens (tertiary/aromatic N) is 1. The van der Waals surface area contributed by atoms with Crippen LogP contribution in [0.25, 0.3) is 10.8 Å². The van der Waals surface area contributed by atoms with Crippen molar-refractivity contribution in [1.82, 2.24) is 10.4 Å². The zero-order chi connectivity index (χ0) is 13.2. The molecule has 3 rings (SSSR count). The molecule has 0 spiro atoms. The van der Waals surface area contributed by atoms with Crippen molar-refractivity contribution < 1.29 is 4.74 Å². The Bertz CT molecular complexity index is 567. The lowest BCUT2D eigenvalue weighted by Gasteiger charge is -2.24. The highest BCUT2D eigenvalue weighted by molar-refractivity contribution is 5.85. The molecule has 4 heteroatoms. The van der Waals surface area contributed by atoms with Crippen molar-refractivity contribution in [3.63, 3.8) is 0 Å². The minimum absolute atomic E-state index is 0.0241. The van der Waals surface area contributed by atoms with Gasteiger partial charge < -0.3 is 4.74 Å². The van der Waals surface area contributed by atoms with Crippen LogP contribution in [0.4, 0.5) is 0 Å². The van der Waals surface area contributed by atoms with Crippen molar-refractivity contribution in [2.24, 2.45) is 5.84 Å². The van der Waals surface area contributed by atoms with Gasteiger partial charge >= 0.3 is 0 Å². The number of hydrogen-bond acceptors (Lipinski definition) is 4. The molecule has 1 fully saturated rings. The highest BCUT2D eigenvalue weighted by Crippen LogP contribution is 2.32. The molecule has 1 aliphatic rings. The minimum Gasteiger partial charge on any atom is -0.373 e. The fourth-order valence-electron chi connectivity index (χ4n) is 2.89. The summed E-state index contributed by atoms with van der Waals surface area (Å²) < 4.78 is 5.96. The molecule has 1 aromatic carbocycles. The molecular weight excluding hydrogens is 238 g/mol. The second-order valence-electron chi connectivity index (χ2n) is 5.15. The maximum atomic E-state index is 5.96. The number of hydrogen-bond donors (Lipinski definition) is 2. The van der Waals surface area contributed by atoms with Gasteiger partial charge in [0, 0.05) is 17.8 Å². The van der Waals surface area contributed by atoms with E-state index in [9.17, 15) is 0 Å². The summed E-state index contributed by atoms with van der Waals surface area (Å²) in [7, 11) is 0. The van der Waals surface area contributed by atoms with Crippen molar-refractivity contribution in [2.75, 3.05) is 0 Å². The first-order valence-corrected chi connectivity index (χ1v) is 6.74. The number of benzene rings is 1. The summed E-state index contributed by atoms with van der Waals surface area (Å²) in [5, 5.41) is 2.31. The highest BCUT2D eigenvalue weighted by atomic mass is 16.5. The van der Waals surface area contributed by atoms with Crippen LogP contribution >= 0.6 is 0 Å². The van der Waals surface area contributed by atoms with E-state index in [1.54, 1.807) is 0 Å². The normalized spacial score (nSPS) is 24.7. The zero-order valence-corrected chi connectivity index (χ0v) is 11.0. The van der Waals surface area contributed by atoms with Gasteiger partial charge in [-0.3, -0.25) is 16.3 Å². The molecular formula is C15H19N3O. The SMILES string of the molecule is CC1CCC(C(NN)c2cccc3cnccc23)O1. The molecule has 0 bridgehead atoms. The van der Waals surface area contributed by atoms with Gasteiger partial charge in [0.2, 0.25) is 0 Å². The van der Waals surface area contributed by atoms with Crippen molar-refractivity contribution in [2.45, 2.75) is 38.0 Å². The molecule has 0 radical (unpaired) electrons. The molecule has 0 amide bonds. The van der Waals surface area contributed by atoms with E-state index in [-0.39, 0.29) is 12.1 Å². The van der Waals surface area contributed by atoms with Crippen LogP contribution in [-0.4, -0.2) is 17.2 Å². The van der Waals surface area contributed by atoms with E-state index in [2.05, 4.69) is 29.5 Å². The number of ether oxygens (including phenoxy) is 1. The molecule has 4 nitrogen and oxygen atoms in total. The first-order chi connectivity index (χ1) is 9.29. The van der Waals surface area contributed by atoms with E-state index in [4.69, 9.17) is 10.6 Å². The summed E-state index contributed by atoms with van der Waals surface area (Å²) in [6.07, 6.45) is 6.28. The Morgan fingerprint density at radius 2 is 2.26 bits per heavy atom. The van der Waals surface area contributed by atoms with Gasteiger partial charge in [0.15, 0.2) is 0 Å². The third-order valence-electron chi connectivity index (χ3n) is 3.87. The fraction of sp³-hybridized carbons (Fsp3) is 0.400. The number of aromatic nitrogens is 1. The van der Waals surface area contributed by atoms with Crippen LogP contribution in [-0.2, 0) is 4.74 Å². The summed E-state index contributed by atoms with van der Waals surface area (Å²) in [5.41, 5.74) is 4.11. The maximum absolute atomic E-state index is 5.96. The quantitative estimate of drug-likeness (QED) is 0.654. The smallest absolute Gasteiger partial charge is 0.0787 e. The average molecular weight is 257 g/mol. The van der Waals surface area contributed by atoms with Gasteiger partial charge in [0.1, 0.15) is 0 Å². The third-order valence-corrected chi connectivity index (χ3v) is 3.87. The zero-order valence-electron chi connectivity index (χ0n) is 11.0. The van der Waals surface area contributed by atoms with Crippen molar-refractivity contribution in [1.29, 1.82) is 0 Å². The van der Waals surface area contributed by atoms with Gasteiger partial charge in [-0.15, -0.1) is 0 Å². The van der Waals surface area contributed by atoms with Gasteiger partial charge in [-0.1, -0.05) is 18.2 Å². The predicted molar refractivity (Wildman–Crippen MR) is 75.4 cm³/mol. The van der Waals surface area contributed by atoms with Crippen molar-refractivity contribution in [3.8, 4) is 0 Å². The molecule has 0 saturated carbocycles. The van der Waals surface area contributed by atoms with Crippen LogP contribution < -0.4 is 11.3 Å². The molecule has 19 heavy (non-hydrogen) atoms. The van der Waals surface area contributed by atoms with E-state index in [1.165, 1.54) is 10.9 Å². The molecule has 1 aliphatic heterocycles. The summed E-state index contributed by atoms with van der Waals surface area (Å²) in [4.78, 5) is 4.17. The van der Waals surface area contributed by atoms with Crippen LogP contribution in [0.3, 0.4) is 0 Å². The molecule has 100 valence electrons. The number of rotatable bonds is 3.